The highest BCUT2D eigenvalue weighted by Crippen LogP contribution is 2.09. The first-order valence-electron chi connectivity index (χ1n) is 10.6. The highest BCUT2D eigenvalue weighted by molar-refractivity contribution is 5.76. The van der Waals surface area contributed by atoms with Crippen molar-refractivity contribution in [2.45, 2.75) is 103 Å². The number of amides is 1. The second kappa shape index (κ2) is 18.7. The summed E-state index contributed by atoms with van der Waals surface area (Å²) in [6, 6.07) is -0.627. The zero-order chi connectivity index (χ0) is 19.5. The molecule has 2 atom stereocenters. The Bertz CT molecular complexity index is 380. The summed E-state index contributed by atoms with van der Waals surface area (Å²) in [5, 5.41) is 22.0. The van der Waals surface area contributed by atoms with Crippen molar-refractivity contribution in [3.63, 3.8) is 0 Å². The normalized spacial score (nSPS) is 14.2. The van der Waals surface area contributed by atoms with Gasteiger partial charge in [0.2, 0.25) is 5.91 Å². The van der Waals surface area contributed by atoms with E-state index in [9.17, 15) is 15.0 Å². The summed E-state index contributed by atoms with van der Waals surface area (Å²) in [6.07, 6.45) is 20.7. The van der Waals surface area contributed by atoms with Crippen molar-refractivity contribution in [3.05, 3.63) is 24.3 Å². The topological polar surface area (TPSA) is 69.6 Å². The van der Waals surface area contributed by atoms with Gasteiger partial charge in [-0.15, -0.1) is 0 Å². The zero-order valence-corrected chi connectivity index (χ0v) is 17.0. The monoisotopic (exact) mass is 367 g/mol. The van der Waals surface area contributed by atoms with Crippen LogP contribution in [0, 0.1) is 0 Å². The van der Waals surface area contributed by atoms with Crippen LogP contribution >= 0.6 is 0 Å². The van der Waals surface area contributed by atoms with Crippen LogP contribution in [-0.4, -0.2) is 34.9 Å². The van der Waals surface area contributed by atoms with E-state index in [1.807, 2.05) is 13.0 Å². The van der Waals surface area contributed by atoms with E-state index >= 15 is 0 Å². The van der Waals surface area contributed by atoms with Crippen molar-refractivity contribution in [1.29, 1.82) is 0 Å². The van der Waals surface area contributed by atoms with Crippen LogP contribution < -0.4 is 5.32 Å². The van der Waals surface area contributed by atoms with Crippen LogP contribution in [0.1, 0.15) is 90.9 Å². The fourth-order valence-corrected chi connectivity index (χ4v) is 2.76. The largest absolute Gasteiger partial charge is 0.394 e. The molecule has 4 heteroatoms. The molecule has 0 aliphatic heterocycles. The quantitative estimate of drug-likeness (QED) is 0.259. The molecule has 1 amide bonds. The predicted octanol–water partition coefficient (Wildman–Crippen LogP) is 4.66. The molecule has 0 bridgehead atoms. The van der Waals surface area contributed by atoms with Crippen molar-refractivity contribution < 1.29 is 15.0 Å². The van der Waals surface area contributed by atoms with Gasteiger partial charge in [-0.2, -0.15) is 0 Å². The molecule has 0 aromatic heterocycles. The number of unbranched alkanes of at least 4 members (excludes halogenated alkanes) is 8. The van der Waals surface area contributed by atoms with Crippen LogP contribution in [0.4, 0.5) is 0 Å². The third kappa shape index (κ3) is 15.2. The number of aliphatic hydroxyl groups is 2. The molecular formula is C22H41NO3. The molecule has 26 heavy (non-hydrogen) atoms. The Labute approximate surface area is 160 Å². The average molecular weight is 368 g/mol. The lowest BCUT2D eigenvalue weighted by Gasteiger charge is -2.19. The third-order valence-electron chi connectivity index (χ3n) is 4.41. The maximum atomic E-state index is 11.5. The lowest BCUT2D eigenvalue weighted by Crippen LogP contribution is -2.45. The van der Waals surface area contributed by atoms with Gasteiger partial charge in [-0.3, -0.25) is 4.79 Å². The molecule has 0 fully saturated rings. The van der Waals surface area contributed by atoms with Gasteiger partial charge >= 0.3 is 0 Å². The van der Waals surface area contributed by atoms with Crippen LogP contribution in [0.25, 0.3) is 0 Å². The molecule has 0 saturated carbocycles. The molecule has 0 aliphatic carbocycles. The third-order valence-corrected chi connectivity index (χ3v) is 4.41. The highest BCUT2D eigenvalue weighted by atomic mass is 16.3. The Kier molecular flexibility index (Phi) is 17.8. The van der Waals surface area contributed by atoms with Gasteiger partial charge in [0.25, 0.3) is 0 Å². The molecule has 0 aromatic carbocycles. The summed E-state index contributed by atoms with van der Waals surface area (Å²) in [5.74, 6) is -0.132. The second-order valence-electron chi connectivity index (χ2n) is 6.98. The lowest BCUT2D eigenvalue weighted by molar-refractivity contribution is -0.122. The molecule has 0 spiro atoms. The van der Waals surface area contributed by atoms with Crippen molar-refractivity contribution in [3.8, 4) is 0 Å². The van der Waals surface area contributed by atoms with E-state index in [0.29, 0.717) is 6.42 Å². The van der Waals surface area contributed by atoms with Gasteiger partial charge in [0.1, 0.15) is 0 Å². The summed E-state index contributed by atoms with van der Waals surface area (Å²) >= 11 is 0. The molecule has 3 N–H and O–H groups in total. The molecule has 2 unspecified atom stereocenters. The molecule has 4 nitrogen and oxygen atoms in total. The summed E-state index contributed by atoms with van der Waals surface area (Å²) in [6.45, 7) is 3.90. The number of hydrogen-bond donors (Lipinski definition) is 3. The van der Waals surface area contributed by atoms with Gasteiger partial charge in [-0.1, -0.05) is 76.7 Å². The van der Waals surface area contributed by atoms with E-state index < -0.39 is 12.1 Å². The Balaban J connectivity index is 3.72. The molecule has 0 aliphatic rings. The van der Waals surface area contributed by atoms with Crippen molar-refractivity contribution >= 4 is 5.91 Å². The van der Waals surface area contributed by atoms with E-state index in [0.717, 1.165) is 25.7 Å². The van der Waals surface area contributed by atoms with Gasteiger partial charge in [-0.25, -0.2) is 0 Å². The molecule has 0 radical (unpaired) electrons. The minimum atomic E-state index is -0.850. The fourth-order valence-electron chi connectivity index (χ4n) is 2.76. The molecule has 0 rings (SSSR count). The molecule has 0 heterocycles. The van der Waals surface area contributed by atoms with Crippen molar-refractivity contribution in [2.24, 2.45) is 0 Å². The maximum Gasteiger partial charge on any atom is 0.220 e. The van der Waals surface area contributed by atoms with Crippen molar-refractivity contribution in [2.75, 3.05) is 6.61 Å². The summed E-state index contributed by atoms with van der Waals surface area (Å²) in [5.41, 5.74) is 0. The first-order valence-corrected chi connectivity index (χ1v) is 10.6. The molecule has 0 saturated heterocycles. The minimum Gasteiger partial charge on any atom is -0.394 e. The van der Waals surface area contributed by atoms with Crippen LogP contribution in [-0.2, 0) is 4.79 Å². The van der Waals surface area contributed by atoms with E-state index in [4.69, 9.17) is 0 Å². The smallest absolute Gasteiger partial charge is 0.220 e. The number of hydrogen-bond acceptors (Lipinski definition) is 3. The Morgan fingerprint density at radius 3 is 2.15 bits per heavy atom. The van der Waals surface area contributed by atoms with E-state index in [1.165, 1.54) is 44.9 Å². The predicted molar refractivity (Wildman–Crippen MR) is 110 cm³/mol. The van der Waals surface area contributed by atoms with Crippen LogP contribution in [0.3, 0.4) is 0 Å². The number of aliphatic hydroxyl groups excluding tert-OH is 2. The molecular weight excluding hydrogens is 326 g/mol. The van der Waals surface area contributed by atoms with Crippen LogP contribution in [0.2, 0.25) is 0 Å². The Morgan fingerprint density at radius 1 is 0.885 bits per heavy atom. The number of allylic oxidation sites excluding steroid dienone is 3. The van der Waals surface area contributed by atoms with Crippen LogP contribution in [0.5, 0.6) is 0 Å². The average Bonchev–Trinajstić information content (AvgIpc) is 2.63. The van der Waals surface area contributed by atoms with Crippen LogP contribution in [0.15, 0.2) is 24.3 Å². The van der Waals surface area contributed by atoms with Gasteiger partial charge in [0.05, 0.1) is 18.8 Å². The van der Waals surface area contributed by atoms with E-state index in [-0.39, 0.29) is 12.5 Å². The van der Waals surface area contributed by atoms with E-state index in [2.05, 4.69) is 24.4 Å². The minimum absolute atomic E-state index is 0.132. The van der Waals surface area contributed by atoms with Gasteiger partial charge in [-0.05, 0) is 32.1 Å². The number of carbonyl (C=O) groups excluding carboxylic acids is 1. The molecule has 0 aromatic rings. The number of carbonyl (C=O) groups is 1. The zero-order valence-electron chi connectivity index (χ0n) is 17.0. The first-order chi connectivity index (χ1) is 12.7. The summed E-state index contributed by atoms with van der Waals surface area (Å²) in [7, 11) is 0. The number of nitrogens with one attached hydrogen (secondary N) is 1. The lowest BCUT2D eigenvalue weighted by atomic mass is 10.1. The Hall–Kier alpha value is -1.13. The van der Waals surface area contributed by atoms with Gasteiger partial charge in [0.15, 0.2) is 0 Å². The maximum absolute atomic E-state index is 11.5. The number of rotatable bonds is 17. The summed E-state index contributed by atoms with van der Waals surface area (Å²) < 4.78 is 0. The van der Waals surface area contributed by atoms with Crippen molar-refractivity contribution in [1.82, 2.24) is 5.32 Å². The SMILES string of the molecule is CCCCCCCCC/C=C/CC/C=C/C(O)C(CO)NC(=O)CCC. The summed E-state index contributed by atoms with van der Waals surface area (Å²) in [4.78, 5) is 11.5. The Morgan fingerprint density at radius 2 is 1.50 bits per heavy atom. The van der Waals surface area contributed by atoms with E-state index in [1.54, 1.807) is 6.08 Å². The van der Waals surface area contributed by atoms with Gasteiger partial charge in [0, 0.05) is 6.42 Å². The van der Waals surface area contributed by atoms with Gasteiger partial charge < -0.3 is 15.5 Å². The fraction of sp³-hybridized carbons (Fsp3) is 0.773. The second-order valence-corrected chi connectivity index (χ2v) is 6.98. The highest BCUT2D eigenvalue weighted by Gasteiger charge is 2.17. The molecule has 152 valence electrons. The first kappa shape index (κ1) is 24.9. The standard InChI is InChI=1S/C22H41NO3/c1-3-5-6-7-8-9-10-11-12-13-14-15-16-18-21(25)20(19-24)23-22(26)17-4-2/h12-13,16,18,20-21,24-25H,3-11,14-15,17,19H2,1-2H3,(H,23,26)/b13-12+,18-16+.